The molecule has 0 aliphatic heterocycles. The van der Waals surface area contributed by atoms with Crippen molar-refractivity contribution in [1.82, 2.24) is 14.5 Å². The second-order valence-corrected chi connectivity index (χ2v) is 6.51. The third-order valence-corrected chi connectivity index (χ3v) is 4.89. The van der Waals surface area contributed by atoms with Crippen LogP contribution in [0.1, 0.15) is 36.1 Å². The number of amides is 1. The van der Waals surface area contributed by atoms with Crippen LogP contribution in [-0.2, 0) is 7.05 Å². The third-order valence-electron chi connectivity index (χ3n) is 4.56. The minimum atomic E-state index is -0.383. The average Bonchev–Trinajstić information content (AvgIpc) is 2.65. The summed E-state index contributed by atoms with van der Waals surface area (Å²) < 4.78 is 1.51. The van der Waals surface area contributed by atoms with E-state index in [0.29, 0.717) is 33.9 Å². The van der Waals surface area contributed by atoms with Gasteiger partial charge in [0.05, 0.1) is 27.5 Å². The smallest absolute Gasteiger partial charge is 0.261 e. The van der Waals surface area contributed by atoms with Gasteiger partial charge in [0.1, 0.15) is 5.82 Å². The molecule has 1 aromatic heterocycles. The Bertz CT molecular complexity index is 1030. The predicted octanol–water partition coefficient (Wildman–Crippen LogP) is 3.81. The van der Waals surface area contributed by atoms with E-state index in [1.165, 1.54) is 4.57 Å². The molecule has 0 bridgehead atoms. The monoisotopic (exact) mass is 369 g/mol. The number of fused-ring (bicyclic) bond motifs is 1. The fourth-order valence-electron chi connectivity index (χ4n) is 3.13. The van der Waals surface area contributed by atoms with Crippen molar-refractivity contribution in [3.8, 4) is 0 Å². The fraction of sp³-hybridized carbons (Fsp3) is 0.250. The summed E-state index contributed by atoms with van der Waals surface area (Å²) in [6, 6.07) is 13.8. The lowest BCUT2D eigenvalue weighted by Gasteiger charge is -2.29. The van der Waals surface area contributed by atoms with E-state index in [1.54, 1.807) is 48.3 Å². The molecule has 0 radical (unpaired) electrons. The number of rotatable bonds is 4. The molecular weight excluding hydrogens is 350 g/mol. The highest BCUT2D eigenvalue weighted by atomic mass is 35.5. The number of carbonyl (C=O) groups is 1. The first-order chi connectivity index (χ1) is 12.5. The van der Waals surface area contributed by atoms with Gasteiger partial charge in [-0.2, -0.15) is 0 Å². The number of benzene rings is 2. The van der Waals surface area contributed by atoms with Crippen LogP contribution in [0.2, 0.25) is 5.02 Å². The number of hydrogen-bond donors (Lipinski definition) is 0. The van der Waals surface area contributed by atoms with Crippen molar-refractivity contribution in [3.63, 3.8) is 0 Å². The Morgan fingerprint density at radius 1 is 1.19 bits per heavy atom. The molecule has 3 rings (SSSR count). The van der Waals surface area contributed by atoms with Crippen LogP contribution >= 0.6 is 11.6 Å². The first-order valence-corrected chi connectivity index (χ1v) is 8.84. The summed E-state index contributed by atoms with van der Waals surface area (Å²) in [7, 11) is 1.68. The van der Waals surface area contributed by atoms with Gasteiger partial charge in [0, 0.05) is 13.6 Å². The van der Waals surface area contributed by atoms with Crippen molar-refractivity contribution < 1.29 is 4.79 Å². The second-order valence-electron chi connectivity index (χ2n) is 6.10. The SMILES string of the molecule is CCN(C(=O)c1ccccc1Cl)C(C)c1nc2ccccc2c(=O)n1C. The van der Waals surface area contributed by atoms with E-state index < -0.39 is 0 Å². The molecule has 0 aliphatic rings. The van der Waals surface area contributed by atoms with Crippen LogP contribution in [0.3, 0.4) is 0 Å². The maximum absolute atomic E-state index is 13.0. The molecule has 1 unspecified atom stereocenters. The Balaban J connectivity index is 2.07. The van der Waals surface area contributed by atoms with E-state index in [4.69, 9.17) is 11.6 Å². The van der Waals surface area contributed by atoms with Crippen molar-refractivity contribution in [2.45, 2.75) is 19.9 Å². The van der Waals surface area contributed by atoms with Gasteiger partial charge >= 0.3 is 0 Å². The standard InChI is InChI=1S/C20H20ClN3O2/c1-4-24(20(26)14-9-5-7-11-16(14)21)13(2)18-22-17-12-8-6-10-15(17)19(25)23(18)3/h5-13H,4H2,1-3H3. The highest BCUT2D eigenvalue weighted by Gasteiger charge is 2.26. The number of aromatic nitrogens is 2. The highest BCUT2D eigenvalue weighted by molar-refractivity contribution is 6.33. The molecule has 2 aromatic carbocycles. The zero-order chi connectivity index (χ0) is 18.8. The Labute approximate surface area is 156 Å². The molecule has 0 N–H and O–H groups in total. The van der Waals surface area contributed by atoms with Gasteiger partial charge in [0.15, 0.2) is 0 Å². The summed E-state index contributed by atoms with van der Waals surface area (Å²) in [4.78, 5) is 32.0. The molecule has 1 amide bonds. The van der Waals surface area contributed by atoms with Gasteiger partial charge in [0.25, 0.3) is 11.5 Å². The average molecular weight is 370 g/mol. The number of halogens is 1. The van der Waals surface area contributed by atoms with Crippen LogP contribution in [0.15, 0.2) is 53.3 Å². The lowest BCUT2D eigenvalue weighted by atomic mass is 10.1. The molecule has 1 atom stereocenters. The van der Waals surface area contributed by atoms with Gasteiger partial charge in [-0.15, -0.1) is 0 Å². The van der Waals surface area contributed by atoms with Gasteiger partial charge in [-0.3, -0.25) is 14.2 Å². The van der Waals surface area contributed by atoms with E-state index in [-0.39, 0.29) is 17.5 Å². The van der Waals surface area contributed by atoms with E-state index >= 15 is 0 Å². The van der Waals surface area contributed by atoms with Gasteiger partial charge in [-0.25, -0.2) is 4.98 Å². The van der Waals surface area contributed by atoms with E-state index in [1.807, 2.05) is 26.0 Å². The van der Waals surface area contributed by atoms with Crippen molar-refractivity contribution >= 4 is 28.4 Å². The summed E-state index contributed by atoms with van der Waals surface area (Å²) in [5, 5.41) is 0.968. The van der Waals surface area contributed by atoms with Crippen LogP contribution in [-0.4, -0.2) is 26.9 Å². The minimum Gasteiger partial charge on any atom is -0.329 e. The van der Waals surface area contributed by atoms with Crippen LogP contribution in [0.25, 0.3) is 10.9 Å². The molecule has 0 fully saturated rings. The maximum atomic E-state index is 13.0. The highest BCUT2D eigenvalue weighted by Crippen LogP contribution is 2.24. The van der Waals surface area contributed by atoms with E-state index in [2.05, 4.69) is 4.98 Å². The normalized spacial score (nSPS) is 12.2. The summed E-state index contributed by atoms with van der Waals surface area (Å²) in [5.74, 6) is 0.351. The summed E-state index contributed by atoms with van der Waals surface area (Å²) in [6.45, 7) is 4.23. The van der Waals surface area contributed by atoms with Crippen molar-refractivity contribution in [2.24, 2.45) is 7.05 Å². The fourth-order valence-corrected chi connectivity index (χ4v) is 3.35. The molecule has 5 nitrogen and oxygen atoms in total. The Morgan fingerprint density at radius 2 is 1.85 bits per heavy atom. The molecular formula is C20H20ClN3O2. The molecule has 0 saturated carbocycles. The minimum absolute atomic E-state index is 0.126. The molecule has 6 heteroatoms. The lowest BCUT2D eigenvalue weighted by Crippen LogP contribution is -2.37. The first kappa shape index (κ1) is 18.1. The number of hydrogen-bond acceptors (Lipinski definition) is 3. The van der Waals surface area contributed by atoms with Gasteiger partial charge < -0.3 is 4.90 Å². The van der Waals surface area contributed by atoms with Gasteiger partial charge in [-0.05, 0) is 38.1 Å². The van der Waals surface area contributed by atoms with Crippen molar-refractivity contribution in [1.29, 1.82) is 0 Å². The Kier molecular flexibility index (Phi) is 5.09. The molecule has 26 heavy (non-hydrogen) atoms. The largest absolute Gasteiger partial charge is 0.329 e. The second kappa shape index (κ2) is 7.30. The summed E-state index contributed by atoms with van der Waals surface area (Å²) in [6.07, 6.45) is 0. The molecule has 1 heterocycles. The summed E-state index contributed by atoms with van der Waals surface area (Å²) in [5.41, 5.74) is 0.936. The van der Waals surface area contributed by atoms with Crippen molar-refractivity contribution in [2.75, 3.05) is 6.54 Å². The Morgan fingerprint density at radius 3 is 2.54 bits per heavy atom. The Hall–Kier alpha value is -2.66. The molecule has 3 aromatic rings. The zero-order valence-corrected chi connectivity index (χ0v) is 15.7. The van der Waals surface area contributed by atoms with Crippen LogP contribution in [0, 0.1) is 0 Å². The van der Waals surface area contributed by atoms with Gasteiger partial charge in [0.2, 0.25) is 0 Å². The zero-order valence-electron chi connectivity index (χ0n) is 14.9. The van der Waals surface area contributed by atoms with Crippen LogP contribution in [0.4, 0.5) is 0 Å². The number of nitrogens with zero attached hydrogens (tertiary/aromatic N) is 3. The van der Waals surface area contributed by atoms with Gasteiger partial charge in [-0.1, -0.05) is 35.9 Å². The third kappa shape index (κ3) is 3.10. The lowest BCUT2D eigenvalue weighted by molar-refractivity contribution is 0.0692. The quantitative estimate of drug-likeness (QED) is 0.702. The van der Waals surface area contributed by atoms with Crippen LogP contribution in [0.5, 0.6) is 0 Å². The van der Waals surface area contributed by atoms with E-state index in [0.717, 1.165) is 0 Å². The summed E-state index contributed by atoms with van der Waals surface area (Å²) >= 11 is 6.19. The van der Waals surface area contributed by atoms with E-state index in [9.17, 15) is 9.59 Å². The molecule has 0 saturated heterocycles. The topological polar surface area (TPSA) is 55.2 Å². The van der Waals surface area contributed by atoms with Crippen molar-refractivity contribution in [3.05, 3.63) is 75.3 Å². The van der Waals surface area contributed by atoms with Crippen LogP contribution < -0.4 is 5.56 Å². The first-order valence-electron chi connectivity index (χ1n) is 8.46. The predicted molar refractivity (Wildman–Crippen MR) is 104 cm³/mol. The molecule has 0 aliphatic carbocycles. The number of para-hydroxylation sites is 1. The molecule has 134 valence electrons. The maximum Gasteiger partial charge on any atom is 0.261 e. The number of carbonyl (C=O) groups excluding carboxylic acids is 1. The molecule has 0 spiro atoms.